The quantitative estimate of drug-likeness (QED) is 0.839. The van der Waals surface area contributed by atoms with E-state index >= 15 is 0 Å². The van der Waals surface area contributed by atoms with Gasteiger partial charge in [0.2, 0.25) is 0 Å². The van der Waals surface area contributed by atoms with Gasteiger partial charge in [-0.3, -0.25) is 4.79 Å². The zero-order valence-corrected chi connectivity index (χ0v) is 13.3. The summed E-state index contributed by atoms with van der Waals surface area (Å²) in [6.45, 7) is -1.07. The Morgan fingerprint density at radius 1 is 1.18 bits per heavy atom. The fraction of sp³-hybridized carbons (Fsp3) is 0.188. The normalized spacial score (nSPS) is 12.0. The van der Waals surface area contributed by atoms with Crippen LogP contribution >= 0.6 is 15.9 Å². The summed E-state index contributed by atoms with van der Waals surface area (Å²) in [6.07, 6.45) is 0. The lowest BCUT2D eigenvalue weighted by molar-refractivity contribution is -0.0498. The lowest BCUT2D eigenvalue weighted by atomic mass is 10.1. The summed E-state index contributed by atoms with van der Waals surface area (Å²) in [6, 6.07) is 13.1. The van der Waals surface area contributed by atoms with Crippen LogP contribution in [0.15, 0.2) is 53.0 Å². The van der Waals surface area contributed by atoms with Crippen LogP contribution < -0.4 is 10.1 Å². The molecule has 6 heteroatoms. The number of alkyl halides is 2. The van der Waals surface area contributed by atoms with Crippen molar-refractivity contribution in [3.8, 4) is 5.75 Å². The molecule has 1 amide bonds. The summed E-state index contributed by atoms with van der Waals surface area (Å²) in [5.41, 5.74) is 1.21. The molecule has 0 aliphatic carbocycles. The highest BCUT2D eigenvalue weighted by Crippen LogP contribution is 2.19. The summed E-state index contributed by atoms with van der Waals surface area (Å²) < 4.78 is 29.6. The van der Waals surface area contributed by atoms with E-state index < -0.39 is 6.61 Å². The SMILES string of the molecule is C[C@H](NC(=O)c1cccc(OC(F)F)c1)c1ccc(Br)cc1. The Morgan fingerprint density at radius 2 is 1.86 bits per heavy atom. The molecule has 0 aliphatic rings. The smallest absolute Gasteiger partial charge is 0.387 e. The molecule has 0 bridgehead atoms. The van der Waals surface area contributed by atoms with Crippen molar-refractivity contribution in [2.75, 3.05) is 0 Å². The number of carbonyl (C=O) groups excluding carboxylic acids is 1. The summed E-state index contributed by atoms with van der Waals surface area (Å²) in [5, 5.41) is 2.82. The molecule has 2 aromatic rings. The fourth-order valence-corrected chi connectivity index (χ4v) is 2.19. The Hall–Kier alpha value is -1.95. The van der Waals surface area contributed by atoms with Crippen molar-refractivity contribution in [3.63, 3.8) is 0 Å². The van der Waals surface area contributed by atoms with Gasteiger partial charge < -0.3 is 10.1 Å². The van der Waals surface area contributed by atoms with Crippen molar-refractivity contribution in [1.82, 2.24) is 5.32 Å². The molecule has 0 aliphatic heterocycles. The highest BCUT2D eigenvalue weighted by atomic mass is 79.9. The number of rotatable bonds is 5. The van der Waals surface area contributed by atoms with Gasteiger partial charge in [-0.1, -0.05) is 34.1 Å². The van der Waals surface area contributed by atoms with E-state index in [4.69, 9.17) is 0 Å². The van der Waals surface area contributed by atoms with Gasteiger partial charge in [-0.2, -0.15) is 8.78 Å². The number of nitrogens with one attached hydrogen (secondary N) is 1. The number of carbonyl (C=O) groups is 1. The minimum absolute atomic E-state index is 0.0426. The fourth-order valence-electron chi connectivity index (χ4n) is 1.93. The van der Waals surface area contributed by atoms with Crippen LogP contribution in [0.25, 0.3) is 0 Å². The second-order valence-corrected chi connectivity index (χ2v) is 5.57. The first-order chi connectivity index (χ1) is 10.5. The Balaban J connectivity index is 2.06. The zero-order chi connectivity index (χ0) is 16.1. The van der Waals surface area contributed by atoms with Crippen LogP contribution in [0.4, 0.5) is 8.78 Å². The van der Waals surface area contributed by atoms with Gasteiger partial charge in [-0.15, -0.1) is 0 Å². The van der Waals surface area contributed by atoms with Crippen LogP contribution in [0.5, 0.6) is 5.75 Å². The summed E-state index contributed by atoms with van der Waals surface area (Å²) in [4.78, 5) is 12.2. The number of amides is 1. The molecule has 1 N–H and O–H groups in total. The Labute approximate surface area is 135 Å². The van der Waals surface area contributed by atoms with Gasteiger partial charge in [0, 0.05) is 10.0 Å². The molecule has 0 radical (unpaired) electrons. The molecular weight excluding hydrogens is 356 g/mol. The van der Waals surface area contributed by atoms with Gasteiger partial charge >= 0.3 is 6.61 Å². The monoisotopic (exact) mass is 369 g/mol. The zero-order valence-electron chi connectivity index (χ0n) is 11.7. The average molecular weight is 370 g/mol. The van der Waals surface area contributed by atoms with E-state index in [1.54, 1.807) is 6.07 Å². The Morgan fingerprint density at radius 3 is 2.50 bits per heavy atom. The molecule has 0 heterocycles. The first-order valence-electron chi connectivity index (χ1n) is 6.57. The molecule has 0 fully saturated rings. The van der Waals surface area contributed by atoms with Gasteiger partial charge in [0.05, 0.1) is 6.04 Å². The van der Waals surface area contributed by atoms with E-state index in [9.17, 15) is 13.6 Å². The second-order valence-electron chi connectivity index (χ2n) is 4.65. The summed E-state index contributed by atoms with van der Waals surface area (Å²) in [7, 11) is 0. The Bertz CT molecular complexity index is 647. The maximum Gasteiger partial charge on any atom is 0.387 e. The van der Waals surface area contributed by atoms with E-state index in [1.165, 1.54) is 18.2 Å². The van der Waals surface area contributed by atoms with E-state index in [-0.39, 0.29) is 23.3 Å². The van der Waals surface area contributed by atoms with Crippen LogP contribution in [0, 0.1) is 0 Å². The molecule has 116 valence electrons. The summed E-state index contributed by atoms with van der Waals surface area (Å²) >= 11 is 3.35. The number of benzene rings is 2. The van der Waals surface area contributed by atoms with Crippen molar-refractivity contribution < 1.29 is 18.3 Å². The van der Waals surface area contributed by atoms with Crippen molar-refractivity contribution in [3.05, 3.63) is 64.1 Å². The minimum atomic E-state index is -2.92. The molecule has 0 aromatic heterocycles. The predicted octanol–water partition coefficient (Wildman–Crippen LogP) is 4.54. The highest BCUT2D eigenvalue weighted by molar-refractivity contribution is 9.10. The lowest BCUT2D eigenvalue weighted by Crippen LogP contribution is -2.26. The average Bonchev–Trinajstić information content (AvgIpc) is 2.47. The van der Waals surface area contributed by atoms with E-state index in [2.05, 4.69) is 26.0 Å². The van der Waals surface area contributed by atoms with Gasteiger partial charge in [0.1, 0.15) is 5.75 Å². The first-order valence-corrected chi connectivity index (χ1v) is 7.36. The molecule has 3 nitrogen and oxygen atoms in total. The third kappa shape index (κ3) is 4.53. The van der Waals surface area contributed by atoms with Crippen molar-refractivity contribution in [2.24, 2.45) is 0 Å². The topological polar surface area (TPSA) is 38.3 Å². The van der Waals surface area contributed by atoms with Crippen molar-refractivity contribution >= 4 is 21.8 Å². The maximum absolute atomic E-state index is 12.2. The van der Waals surface area contributed by atoms with Gasteiger partial charge in [-0.25, -0.2) is 0 Å². The van der Waals surface area contributed by atoms with Crippen LogP contribution in [-0.2, 0) is 0 Å². The molecule has 1 atom stereocenters. The second kappa shape index (κ2) is 7.35. The van der Waals surface area contributed by atoms with E-state index in [1.807, 2.05) is 31.2 Å². The van der Waals surface area contributed by atoms with Gasteiger partial charge in [0.15, 0.2) is 0 Å². The van der Waals surface area contributed by atoms with Gasteiger partial charge in [0.25, 0.3) is 5.91 Å². The van der Waals surface area contributed by atoms with E-state index in [0.29, 0.717) is 0 Å². The molecule has 2 rings (SSSR count). The molecule has 0 saturated heterocycles. The van der Waals surface area contributed by atoms with Gasteiger partial charge in [-0.05, 0) is 42.8 Å². The number of ether oxygens (including phenoxy) is 1. The predicted molar refractivity (Wildman–Crippen MR) is 83.1 cm³/mol. The molecule has 22 heavy (non-hydrogen) atoms. The molecule has 2 aromatic carbocycles. The lowest BCUT2D eigenvalue weighted by Gasteiger charge is -2.15. The standard InChI is InChI=1S/C16H14BrF2NO2/c1-10(11-5-7-13(17)8-6-11)20-15(21)12-3-2-4-14(9-12)22-16(18)19/h2-10,16H,1H3,(H,20,21)/t10-/m0/s1. The Kier molecular flexibility index (Phi) is 5.49. The molecule has 0 unspecified atom stereocenters. The molecule has 0 saturated carbocycles. The van der Waals surface area contributed by atoms with Crippen LogP contribution in [0.1, 0.15) is 28.9 Å². The summed E-state index contributed by atoms with van der Waals surface area (Å²) in [5.74, 6) is -0.394. The third-order valence-electron chi connectivity index (χ3n) is 3.04. The van der Waals surface area contributed by atoms with Crippen LogP contribution in [0.2, 0.25) is 0 Å². The highest BCUT2D eigenvalue weighted by Gasteiger charge is 2.13. The first kappa shape index (κ1) is 16.4. The van der Waals surface area contributed by atoms with Crippen LogP contribution in [0.3, 0.4) is 0 Å². The largest absolute Gasteiger partial charge is 0.435 e. The molecular formula is C16H14BrF2NO2. The van der Waals surface area contributed by atoms with Crippen molar-refractivity contribution in [2.45, 2.75) is 19.6 Å². The molecule has 0 spiro atoms. The maximum atomic E-state index is 12.2. The van der Waals surface area contributed by atoms with E-state index in [0.717, 1.165) is 10.0 Å². The number of halogens is 3. The van der Waals surface area contributed by atoms with Crippen molar-refractivity contribution in [1.29, 1.82) is 0 Å². The number of hydrogen-bond acceptors (Lipinski definition) is 2. The number of hydrogen-bond donors (Lipinski definition) is 1. The minimum Gasteiger partial charge on any atom is -0.435 e. The van der Waals surface area contributed by atoms with Crippen LogP contribution in [-0.4, -0.2) is 12.5 Å². The third-order valence-corrected chi connectivity index (χ3v) is 3.57.